The van der Waals surface area contributed by atoms with Gasteiger partial charge in [0.2, 0.25) is 0 Å². The van der Waals surface area contributed by atoms with Gasteiger partial charge in [-0.2, -0.15) is 0 Å². The lowest BCUT2D eigenvalue weighted by molar-refractivity contribution is -0.242. The van der Waals surface area contributed by atoms with E-state index in [0.29, 0.717) is 13.2 Å². The van der Waals surface area contributed by atoms with E-state index in [1.54, 1.807) is 12.1 Å². The Morgan fingerprint density at radius 2 is 1.36 bits per heavy atom. The second-order valence-electron chi connectivity index (χ2n) is 4.71. The molecule has 0 unspecified atom stereocenters. The summed E-state index contributed by atoms with van der Waals surface area (Å²) in [6.45, 7) is 4.37. The standard InChI is InChI=1S/C17H21FO3Si/c1-3-19-17(20-4-2)21-22-16-11-7-14(8-12-16)13-5-9-15(18)10-6-13/h5-12,17H,3-4,22H2,1-2H3. The molecule has 3 nitrogen and oxygen atoms in total. The highest BCUT2D eigenvalue weighted by atomic mass is 28.2. The molecule has 2 aromatic rings. The van der Waals surface area contributed by atoms with E-state index in [4.69, 9.17) is 13.9 Å². The van der Waals surface area contributed by atoms with Gasteiger partial charge >= 0.3 is 0 Å². The SMILES string of the molecule is CCOC(OCC)O[SiH2]c1ccc(-c2ccc(F)cc2)cc1. The van der Waals surface area contributed by atoms with Gasteiger partial charge in [-0.1, -0.05) is 36.4 Å². The predicted octanol–water partition coefficient (Wildman–Crippen LogP) is 2.58. The Bertz CT molecular complexity index is 551. The summed E-state index contributed by atoms with van der Waals surface area (Å²) < 4.78 is 29.4. The third-order valence-electron chi connectivity index (χ3n) is 3.12. The maximum atomic E-state index is 12.9. The summed E-state index contributed by atoms with van der Waals surface area (Å²) in [5, 5.41) is 1.16. The lowest BCUT2D eigenvalue weighted by atomic mass is 10.1. The van der Waals surface area contributed by atoms with Crippen LogP contribution in [0, 0.1) is 5.82 Å². The highest BCUT2D eigenvalue weighted by Gasteiger charge is 2.08. The minimum absolute atomic E-state index is 0.223. The molecule has 0 spiro atoms. The highest BCUT2D eigenvalue weighted by molar-refractivity contribution is 6.46. The zero-order valence-corrected chi connectivity index (χ0v) is 14.3. The third-order valence-corrected chi connectivity index (χ3v) is 4.37. The molecule has 2 rings (SSSR count). The minimum Gasteiger partial charge on any atom is -0.373 e. The van der Waals surface area contributed by atoms with Crippen LogP contribution in [0.3, 0.4) is 0 Å². The Kier molecular flexibility index (Phi) is 6.73. The van der Waals surface area contributed by atoms with Crippen LogP contribution in [0.5, 0.6) is 0 Å². The third kappa shape index (κ3) is 5.03. The number of hydrogen-bond acceptors (Lipinski definition) is 3. The van der Waals surface area contributed by atoms with Crippen LogP contribution in [0.1, 0.15) is 13.8 Å². The molecule has 0 aliphatic rings. The first-order valence-electron chi connectivity index (χ1n) is 7.42. The molecule has 0 bridgehead atoms. The molecule has 118 valence electrons. The van der Waals surface area contributed by atoms with Crippen molar-refractivity contribution in [3.63, 3.8) is 0 Å². The molecule has 0 radical (unpaired) electrons. The van der Waals surface area contributed by atoms with Crippen molar-refractivity contribution in [2.24, 2.45) is 0 Å². The zero-order chi connectivity index (χ0) is 15.8. The molecular formula is C17H21FO3Si. The van der Waals surface area contributed by atoms with Gasteiger partial charge in [-0.25, -0.2) is 4.39 Å². The topological polar surface area (TPSA) is 27.7 Å². The molecule has 0 saturated heterocycles. The molecule has 0 N–H and O–H groups in total. The summed E-state index contributed by atoms with van der Waals surface area (Å²) in [6.07, 6.45) is 0. The van der Waals surface area contributed by atoms with Gasteiger partial charge in [0.1, 0.15) is 5.82 Å². The van der Waals surface area contributed by atoms with Crippen molar-refractivity contribution in [1.82, 2.24) is 0 Å². The Balaban J connectivity index is 1.95. The van der Waals surface area contributed by atoms with Crippen molar-refractivity contribution in [3.05, 3.63) is 54.3 Å². The number of hydrogen-bond donors (Lipinski definition) is 0. The fraction of sp³-hybridized carbons (Fsp3) is 0.294. The van der Waals surface area contributed by atoms with Crippen LogP contribution >= 0.6 is 0 Å². The van der Waals surface area contributed by atoms with E-state index in [9.17, 15) is 4.39 Å². The van der Waals surface area contributed by atoms with Crippen molar-refractivity contribution in [2.75, 3.05) is 13.2 Å². The minimum atomic E-state index is -0.912. The van der Waals surface area contributed by atoms with Gasteiger partial charge in [0.25, 0.3) is 6.48 Å². The molecule has 0 fully saturated rings. The van der Waals surface area contributed by atoms with E-state index in [0.717, 1.165) is 16.3 Å². The Morgan fingerprint density at radius 3 is 1.86 bits per heavy atom. The molecule has 0 aliphatic heterocycles. The highest BCUT2D eigenvalue weighted by Crippen LogP contribution is 2.18. The van der Waals surface area contributed by atoms with E-state index in [1.165, 1.54) is 12.1 Å². The normalized spacial score (nSPS) is 11.6. The average molecular weight is 320 g/mol. The van der Waals surface area contributed by atoms with Crippen molar-refractivity contribution in [3.8, 4) is 11.1 Å². The van der Waals surface area contributed by atoms with Gasteiger partial charge in [-0.05, 0) is 42.3 Å². The molecule has 2 aromatic carbocycles. The van der Waals surface area contributed by atoms with Crippen LogP contribution in [-0.2, 0) is 13.9 Å². The molecule has 0 heterocycles. The second-order valence-corrected chi connectivity index (χ2v) is 6.15. The first kappa shape index (κ1) is 16.8. The second kappa shape index (κ2) is 8.80. The first-order chi connectivity index (χ1) is 10.7. The lowest BCUT2D eigenvalue weighted by Crippen LogP contribution is -2.28. The van der Waals surface area contributed by atoms with E-state index in [2.05, 4.69) is 0 Å². The molecule has 0 atom stereocenters. The zero-order valence-electron chi connectivity index (χ0n) is 12.9. The van der Waals surface area contributed by atoms with Crippen molar-refractivity contribution >= 4 is 14.9 Å². The van der Waals surface area contributed by atoms with Gasteiger partial charge in [0, 0.05) is 13.2 Å². The van der Waals surface area contributed by atoms with Crippen LogP contribution in [0.25, 0.3) is 11.1 Å². The molecule has 0 aliphatic carbocycles. The van der Waals surface area contributed by atoms with Crippen molar-refractivity contribution in [1.29, 1.82) is 0 Å². The smallest absolute Gasteiger partial charge is 0.261 e. The maximum absolute atomic E-state index is 12.9. The molecule has 0 amide bonds. The van der Waals surface area contributed by atoms with E-state index >= 15 is 0 Å². The summed E-state index contributed by atoms with van der Waals surface area (Å²) in [6, 6.07) is 14.6. The van der Waals surface area contributed by atoms with Crippen molar-refractivity contribution in [2.45, 2.75) is 20.3 Å². The predicted molar refractivity (Wildman–Crippen MR) is 88.1 cm³/mol. The summed E-state index contributed by atoms with van der Waals surface area (Å²) >= 11 is 0. The Morgan fingerprint density at radius 1 is 0.864 bits per heavy atom. The summed E-state index contributed by atoms with van der Waals surface area (Å²) in [5.41, 5.74) is 2.06. The first-order valence-corrected chi connectivity index (χ1v) is 8.71. The van der Waals surface area contributed by atoms with E-state index in [-0.39, 0.29) is 5.82 Å². The average Bonchev–Trinajstić information content (AvgIpc) is 2.54. The van der Waals surface area contributed by atoms with Crippen LogP contribution in [-0.4, -0.2) is 29.5 Å². The van der Waals surface area contributed by atoms with Gasteiger partial charge in [0.05, 0.1) is 0 Å². The maximum Gasteiger partial charge on any atom is 0.261 e. The van der Waals surface area contributed by atoms with Crippen LogP contribution in [0.15, 0.2) is 48.5 Å². The van der Waals surface area contributed by atoms with Crippen LogP contribution < -0.4 is 5.19 Å². The quantitative estimate of drug-likeness (QED) is 0.553. The Labute approximate surface area is 133 Å². The Hall–Kier alpha value is -1.53. The number of rotatable bonds is 8. The van der Waals surface area contributed by atoms with Crippen molar-refractivity contribution < 1.29 is 18.3 Å². The molecule has 0 aromatic heterocycles. The molecule has 22 heavy (non-hydrogen) atoms. The van der Waals surface area contributed by atoms with Crippen LogP contribution in [0.2, 0.25) is 0 Å². The largest absolute Gasteiger partial charge is 0.373 e. The molecular weight excluding hydrogens is 299 g/mol. The molecule has 5 heteroatoms. The van der Waals surface area contributed by atoms with Gasteiger partial charge in [-0.3, -0.25) is 0 Å². The number of benzene rings is 2. The molecule has 0 saturated carbocycles. The van der Waals surface area contributed by atoms with Crippen LogP contribution in [0.4, 0.5) is 4.39 Å². The lowest BCUT2D eigenvalue weighted by Gasteiger charge is -2.17. The number of halogens is 1. The van der Waals surface area contributed by atoms with E-state index in [1.807, 2.05) is 38.1 Å². The fourth-order valence-electron chi connectivity index (χ4n) is 2.02. The summed E-state index contributed by atoms with van der Waals surface area (Å²) in [4.78, 5) is 0. The van der Waals surface area contributed by atoms with Gasteiger partial charge in [0.15, 0.2) is 9.76 Å². The van der Waals surface area contributed by atoms with E-state index < -0.39 is 16.2 Å². The number of ether oxygens (including phenoxy) is 2. The summed E-state index contributed by atoms with van der Waals surface area (Å²) in [5.74, 6) is -0.223. The van der Waals surface area contributed by atoms with Gasteiger partial charge < -0.3 is 13.9 Å². The summed E-state index contributed by atoms with van der Waals surface area (Å²) in [7, 11) is -0.912. The fourth-order valence-corrected chi connectivity index (χ4v) is 2.97. The van der Waals surface area contributed by atoms with Gasteiger partial charge in [-0.15, -0.1) is 0 Å². The monoisotopic (exact) mass is 320 g/mol.